The Kier molecular flexibility index (Phi) is 6.85. The Morgan fingerprint density at radius 1 is 0.882 bits per heavy atom. The Bertz CT molecular complexity index is 340. The molecule has 0 radical (unpaired) electrons. The fraction of sp³-hybridized carbons (Fsp3) is 0.167. The van der Waals surface area contributed by atoms with Gasteiger partial charge in [-0.1, -0.05) is 13.2 Å². The lowest BCUT2D eigenvalue weighted by Gasteiger charge is -2.00. The molecule has 0 bridgehead atoms. The number of esters is 2. The van der Waals surface area contributed by atoms with Gasteiger partial charge < -0.3 is 14.2 Å². The Morgan fingerprint density at radius 3 is 1.53 bits per heavy atom. The van der Waals surface area contributed by atoms with E-state index in [0.29, 0.717) is 0 Å². The van der Waals surface area contributed by atoms with Crippen molar-refractivity contribution >= 4 is 11.9 Å². The summed E-state index contributed by atoms with van der Waals surface area (Å²) in [5, 5.41) is 0. The molecule has 0 atom stereocenters. The van der Waals surface area contributed by atoms with E-state index < -0.39 is 11.9 Å². The zero-order valence-corrected chi connectivity index (χ0v) is 9.76. The molecule has 92 valence electrons. The molecule has 17 heavy (non-hydrogen) atoms. The van der Waals surface area contributed by atoms with Gasteiger partial charge in [-0.3, -0.25) is 0 Å². The van der Waals surface area contributed by atoms with Crippen LogP contribution in [0, 0.1) is 0 Å². The van der Waals surface area contributed by atoms with E-state index in [1.165, 1.54) is 13.8 Å². The number of rotatable bonds is 6. The van der Waals surface area contributed by atoms with Gasteiger partial charge in [0.1, 0.15) is 12.5 Å². The number of ether oxygens (including phenoxy) is 3. The van der Waals surface area contributed by atoms with Crippen LogP contribution in [0.2, 0.25) is 0 Å². The van der Waals surface area contributed by atoms with Crippen LogP contribution in [0.25, 0.3) is 0 Å². The molecule has 5 heteroatoms. The van der Waals surface area contributed by atoms with Gasteiger partial charge in [0.2, 0.25) is 0 Å². The molecule has 0 fully saturated rings. The van der Waals surface area contributed by atoms with Gasteiger partial charge in [0.25, 0.3) is 0 Å². The summed E-state index contributed by atoms with van der Waals surface area (Å²) in [6.07, 6.45) is 4.33. The summed E-state index contributed by atoms with van der Waals surface area (Å²) in [5.74, 6) is -1.17. The standard InChI is InChI=1S/C12H14O5/c1-5-16-11(13)9(3)7-15-8-10(4)12(14)17-6-2/h5-8H,1-2H2,3-4H3. The molecule has 0 rings (SSSR count). The monoisotopic (exact) mass is 238 g/mol. The van der Waals surface area contributed by atoms with Crippen LogP contribution in [0.1, 0.15) is 13.8 Å². The SMILES string of the molecule is C=COC(=O)C(C)=COC=C(C)C(=O)OC=C. The summed E-state index contributed by atoms with van der Waals surface area (Å²) >= 11 is 0. The molecule has 0 spiro atoms. The number of hydrogen-bond donors (Lipinski definition) is 0. The highest BCUT2D eigenvalue weighted by molar-refractivity contribution is 5.88. The molecule has 0 aromatic carbocycles. The zero-order valence-electron chi connectivity index (χ0n) is 9.76. The molecule has 0 N–H and O–H groups in total. The molecule has 0 heterocycles. The second kappa shape index (κ2) is 7.92. The maximum Gasteiger partial charge on any atom is 0.341 e. The molecule has 0 saturated heterocycles. The number of carbonyl (C=O) groups is 2. The molecule has 0 saturated carbocycles. The van der Waals surface area contributed by atoms with Crippen LogP contribution in [-0.4, -0.2) is 11.9 Å². The van der Waals surface area contributed by atoms with E-state index >= 15 is 0 Å². The van der Waals surface area contributed by atoms with Crippen molar-refractivity contribution in [2.75, 3.05) is 0 Å². The molecular formula is C12H14O5. The lowest BCUT2D eigenvalue weighted by atomic mass is 10.3. The van der Waals surface area contributed by atoms with E-state index in [-0.39, 0.29) is 11.1 Å². The smallest absolute Gasteiger partial charge is 0.341 e. The van der Waals surface area contributed by atoms with E-state index in [1.807, 2.05) is 0 Å². The summed E-state index contributed by atoms with van der Waals surface area (Å²) in [6, 6.07) is 0. The first-order valence-corrected chi connectivity index (χ1v) is 4.65. The van der Waals surface area contributed by atoms with Crippen LogP contribution < -0.4 is 0 Å². The van der Waals surface area contributed by atoms with E-state index in [4.69, 9.17) is 4.74 Å². The maximum absolute atomic E-state index is 11.1. The number of carbonyl (C=O) groups excluding carboxylic acids is 2. The largest absolute Gasteiger partial charge is 0.472 e. The van der Waals surface area contributed by atoms with E-state index in [0.717, 1.165) is 25.0 Å². The van der Waals surface area contributed by atoms with E-state index in [1.54, 1.807) is 0 Å². The van der Waals surface area contributed by atoms with Gasteiger partial charge in [-0.2, -0.15) is 0 Å². The first-order chi connectivity index (χ1) is 8.02. The van der Waals surface area contributed by atoms with Crippen molar-refractivity contribution < 1.29 is 23.8 Å². The van der Waals surface area contributed by atoms with Gasteiger partial charge in [0.05, 0.1) is 23.7 Å². The molecular weight excluding hydrogens is 224 g/mol. The molecule has 0 aliphatic carbocycles. The van der Waals surface area contributed by atoms with Crippen molar-refractivity contribution in [2.45, 2.75) is 13.8 Å². The summed E-state index contributed by atoms with van der Waals surface area (Å²) in [7, 11) is 0. The lowest BCUT2D eigenvalue weighted by molar-refractivity contribution is -0.134. The van der Waals surface area contributed by atoms with Crippen molar-refractivity contribution in [2.24, 2.45) is 0 Å². The third-order valence-corrected chi connectivity index (χ3v) is 1.51. The second-order valence-corrected chi connectivity index (χ2v) is 2.88. The highest BCUT2D eigenvalue weighted by atomic mass is 16.5. The van der Waals surface area contributed by atoms with Gasteiger partial charge in [0.15, 0.2) is 0 Å². The Hall–Kier alpha value is -2.30. The third-order valence-electron chi connectivity index (χ3n) is 1.51. The first kappa shape index (κ1) is 14.7. The average molecular weight is 238 g/mol. The first-order valence-electron chi connectivity index (χ1n) is 4.65. The highest BCUT2D eigenvalue weighted by Gasteiger charge is 2.05. The van der Waals surface area contributed by atoms with Gasteiger partial charge in [-0.25, -0.2) is 9.59 Å². The molecule has 0 unspecified atom stereocenters. The highest BCUT2D eigenvalue weighted by Crippen LogP contribution is 2.01. The topological polar surface area (TPSA) is 61.8 Å². The third kappa shape index (κ3) is 5.99. The second-order valence-electron chi connectivity index (χ2n) is 2.88. The van der Waals surface area contributed by atoms with Crippen LogP contribution in [0.3, 0.4) is 0 Å². The van der Waals surface area contributed by atoms with E-state index in [2.05, 4.69) is 22.6 Å². The van der Waals surface area contributed by atoms with Gasteiger partial charge >= 0.3 is 11.9 Å². The fourth-order valence-electron chi connectivity index (χ4n) is 0.672. The van der Waals surface area contributed by atoms with Crippen molar-refractivity contribution in [3.63, 3.8) is 0 Å². The molecule has 0 amide bonds. The van der Waals surface area contributed by atoms with Crippen LogP contribution in [0.15, 0.2) is 49.4 Å². The van der Waals surface area contributed by atoms with Crippen LogP contribution in [-0.2, 0) is 23.8 Å². The summed E-state index contributed by atoms with van der Waals surface area (Å²) < 4.78 is 13.9. The van der Waals surface area contributed by atoms with Crippen LogP contribution in [0.5, 0.6) is 0 Å². The molecule has 0 aliphatic heterocycles. The normalized spacial score (nSPS) is 11.4. The van der Waals surface area contributed by atoms with Gasteiger partial charge in [0, 0.05) is 0 Å². The fourth-order valence-corrected chi connectivity index (χ4v) is 0.672. The number of hydrogen-bond acceptors (Lipinski definition) is 5. The van der Waals surface area contributed by atoms with Gasteiger partial charge in [-0.05, 0) is 13.8 Å². The Morgan fingerprint density at radius 2 is 1.24 bits per heavy atom. The van der Waals surface area contributed by atoms with Crippen molar-refractivity contribution in [1.29, 1.82) is 0 Å². The van der Waals surface area contributed by atoms with E-state index in [9.17, 15) is 9.59 Å². The summed E-state index contributed by atoms with van der Waals surface area (Å²) in [4.78, 5) is 22.2. The quantitative estimate of drug-likeness (QED) is 0.403. The minimum absolute atomic E-state index is 0.228. The average Bonchev–Trinajstić information content (AvgIpc) is 2.29. The molecule has 0 aromatic rings. The maximum atomic E-state index is 11.1. The lowest BCUT2D eigenvalue weighted by Crippen LogP contribution is -2.02. The van der Waals surface area contributed by atoms with Crippen molar-refractivity contribution in [1.82, 2.24) is 0 Å². The predicted molar refractivity (Wildman–Crippen MR) is 61.2 cm³/mol. The molecule has 0 aliphatic rings. The zero-order chi connectivity index (χ0) is 13.3. The van der Waals surface area contributed by atoms with Gasteiger partial charge in [-0.15, -0.1) is 0 Å². The van der Waals surface area contributed by atoms with Crippen LogP contribution >= 0.6 is 0 Å². The van der Waals surface area contributed by atoms with Crippen molar-refractivity contribution in [3.8, 4) is 0 Å². The molecule has 0 aromatic heterocycles. The predicted octanol–water partition coefficient (Wildman–Crippen LogP) is 2.18. The minimum atomic E-state index is -0.584. The Labute approximate surface area is 99.7 Å². The summed E-state index contributed by atoms with van der Waals surface area (Å²) in [6.45, 7) is 9.48. The molecule has 5 nitrogen and oxygen atoms in total. The van der Waals surface area contributed by atoms with Crippen molar-refractivity contribution in [3.05, 3.63) is 49.4 Å². The minimum Gasteiger partial charge on any atom is -0.472 e. The summed E-state index contributed by atoms with van der Waals surface area (Å²) in [5.41, 5.74) is 0.456. The van der Waals surface area contributed by atoms with Crippen LogP contribution in [0.4, 0.5) is 0 Å². The Balaban J connectivity index is 4.37.